The third kappa shape index (κ3) is 3.27. The molecule has 0 radical (unpaired) electrons. The molecule has 0 atom stereocenters. The summed E-state index contributed by atoms with van der Waals surface area (Å²) in [5, 5.41) is 9.09. The zero-order valence-electron chi connectivity index (χ0n) is 18.2. The van der Waals surface area contributed by atoms with Crippen molar-refractivity contribution in [3.63, 3.8) is 0 Å². The van der Waals surface area contributed by atoms with E-state index in [1.807, 2.05) is 10.9 Å². The summed E-state index contributed by atoms with van der Waals surface area (Å²) in [5.74, 6) is 3.58. The van der Waals surface area contributed by atoms with Crippen LogP contribution in [-0.4, -0.2) is 26.7 Å². The fourth-order valence-electron chi connectivity index (χ4n) is 6.80. The molecule has 2 aromatic rings. The van der Waals surface area contributed by atoms with Crippen molar-refractivity contribution >= 4 is 16.9 Å². The molecule has 2 heterocycles. The molecule has 4 bridgehead atoms. The standard InChI is InChI=1S/C24H34N4O/c1-13(2)28-24-21(12-25-28)14(3)20(15(4)26-24)5-6-22(29)27-23-18-8-16-7-17(10-18)11-19(23)9-16/h12-13,16-19,23H,5-11H2,1-4H3,(H,27,29). The summed E-state index contributed by atoms with van der Waals surface area (Å²) in [6.07, 6.45) is 10.1. The molecule has 0 spiro atoms. The lowest BCUT2D eigenvalue weighted by Crippen LogP contribution is -2.55. The van der Waals surface area contributed by atoms with Crippen molar-refractivity contribution in [3.05, 3.63) is 23.0 Å². The number of rotatable bonds is 5. The van der Waals surface area contributed by atoms with Gasteiger partial charge in [-0.05, 0) is 101 Å². The number of hydrogen-bond acceptors (Lipinski definition) is 3. The first-order chi connectivity index (χ1) is 13.9. The Hall–Kier alpha value is -1.91. The van der Waals surface area contributed by atoms with E-state index < -0.39 is 0 Å². The Morgan fingerprint density at radius 2 is 1.79 bits per heavy atom. The van der Waals surface area contributed by atoms with Crippen LogP contribution in [0.1, 0.15) is 75.2 Å². The summed E-state index contributed by atoms with van der Waals surface area (Å²) in [5.41, 5.74) is 4.42. The van der Waals surface area contributed by atoms with E-state index in [-0.39, 0.29) is 11.9 Å². The lowest BCUT2D eigenvalue weighted by atomic mass is 9.54. The Morgan fingerprint density at radius 1 is 1.14 bits per heavy atom. The molecule has 29 heavy (non-hydrogen) atoms. The van der Waals surface area contributed by atoms with E-state index >= 15 is 0 Å². The Bertz CT molecular complexity index is 916. The lowest BCUT2D eigenvalue weighted by molar-refractivity contribution is -0.125. The smallest absolute Gasteiger partial charge is 0.220 e. The number of nitrogens with one attached hydrogen (secondary N) is 1. The monoisotopic (exact) mass is 394 g/mol. The second kappa shape index (κ2) is 7.10. The van der Waals surface area contributed by atoms with Gasteiger partial charge >= 0.3 is 0 Å². The van der Waals surface area contributed by atoms with E-state index in [4.69, 9.17) is 4.98 Å². The van der Waals surface area contributed by atoms with E-state index in [2.05, 4.69) is 38.1 Å². The maximum Gasteiger partial charge on any atom is 0.220 e. The highest BCUT2D eigenvalue weighted by atomic mass is 16.1. The zero-order valence-corrected chi connectivity index (χ0v) is 18.2. The number of nitrogens with zero attached hydrogens (tertiary/aromatic N) is 3. The van der Waals surface area contributed by atoms with Gasteiger partial charge in [0.2, 0.25) is 5.91 Å². The van der Waals surface area contributed by atoms with E-state index in [0.29, 0.717) is 12.5 Å². The number of aromatic nitrogens is 3. The van der Waals surface area contributed by atoms with Crippen molar-refractivity contribution in [2.24, 2.45) is 23.7 Å². The molecule has 5 nitrogen and oxygen atoms in total. The quantitative estimate of drug-likeness (QED) is 0.812. The highest BCUT2D eigenvalue weighted by molar-refractivity contribution is 5.81. The number of fused-ring (bicyclic) bond motifs is 1. The van der Waals surface area contributed by atoms with Crippen molar-refractivity contribution in [2.75, 3.05) is 0 Å². The van der Waals surface area contributed by atoms with Crippen LogP contribution in [0.25, 0.3) is 11.0 Å². The molecule has 4 saturated carbocycles. The first-order valence-electron chi connectivity index (χ1n) is 11.5. The molecular weight excluding hydrogens is 360 g/mol. The third-order valence-corrected chi connectivity index (χ3v) is 7.98. The van der Waals surface area contributed by atoms with Crippen LogP contribution >= 0.6 is 0 Å². The van der Waals surface area contributed by atoms with Gasteiger partial charge in [0.15, 0.2) is 5.65 Å². The van der Waals surface area contributed by atoms with Crippen LogP contribution in [0.2, 0.25) is 0 Å². The summed E-state index contributed by atoms with van der Waals surface area (Å²) in [4.78, 5) is 17.7. The Morgan fingerprint density at radius 3 is 2.41 bits per heavy atom. The normalized spacial score (nSPS) is 30.4. The molecule has 1 N–H and O–H groups in total. The van der Waals surface area contributed by atoms with Crippen LogP contribution < -0.4 is 5.32 Å². The first kappa shape index (κ1) is 19.1. The molecule has 0 aliphatic heterocycles. The minimum absolute atomic E-state index is 0.222. The molecule has 0 unspecified atom stereocenters. The third-order valence-electron chi connectivity index (χ3n) is 7.98. The summed E-state index contributed by atoms with van der Waals surface area (Å²) in [6.45, 7) is 8.46. The highest BCUT2D eigenvalue weighted by Crippen LogP contribution is 2.53. The Labute approximate surface area is 173 Å². The van der Waals surface area contributed by atoms with Crippen LogP contribution in [0.4, 0.5) is 0 Å². The molecule has 6 rings (SSSR count). The van der Waals surface area contributed by atoms with Gasteiger partial charge in [-0.2, -0.15) is 5.10 Å². The van der Waals surface area contributed by atoms with Crippen molar-refractivity contribution in [1.29, 1.82) is 0 Å². The van der Waals surface area contributed by atoms with Crippen molar-refractivity contribution in [3.8, 4) is 0 Å². The summed E-state index contributed by atoms with van der Waals surface area (Å²) >= 11 is 0. The van der Waals surface area contributed by atoms with Crippen LogP contribution in [0.3, 0.4) is 0 Å². The summed E-state index contributed by atoms with van der Waals surface area (Å²) < 4.78 is 1.98. The van der Waals surface area contributed by atoms with Gasteiger partial charge in [0.25, 0.3) is 0 Å². The number of carbonyl (C=O) groups excluding carboxylic acids is 1. The van der Waals surface area contributed by atoms with Crippen molar-refractivity contribution in [2.45, 2.75) is 84.7 Å². The second-order valence-electron chi connectivity index (χ2n) is 10.2. The molecule has 4 aliphatic rings. The Balaban J connectivity index is 1.28. The maximum absolute atomic E-state index is 12.8. The largest absolute Gasteiger partial charge is 0.353 e. The molecule has 4 fully saturated rings. The van der Waals surface area contributed by atoms with Crippen LogP contribution in [0.5, 0.6) is 0 Å². The van der Waals surface area contributed by atoms with E-state index in [0.717, 1.165) is 46.8 Å². The Kier molecular flexibility index (Phi) is 4.67. The highest BCUT2D eigenvalue weighted by Gasteiger charge is 2.48. The topological polar surface area (TPSA) is 59.8 Å². The second-order valence-corrected chi connectivity index (χ2v) is 10.2. The van der Waals surface area contributed by atoms with Gasteiger partial charge in [-0.15, -0.1) is 0 Å². The molecule has 0 aromatic carbocycles. The number of carbonyl (C=O) groups is 1. The molecule has 2 aromatic heterocycles. The van der Waals surface area contributed by atoms with Crippen molar-refractivity contribution in [1.82, 2.24) is 20.1 Å². The molecule has 0 saturated heterocycles. The van der Waals surface area contributed by atoms with Crippen LogP contribution in [0.15, 0.2) is 6.20 Å². The summed E-state index contributed by atoms with van der Waals surface area (Å²) in [7, 11) is 0. The van der Waals surface area contributed by atoms with Gasteiger partial charge in [0, 0.05) is 29.6 Å². The van der Waals surface area contributed by atoms with Gasteiger partial charge in [-0.3, -0.25) is 4.79 Å². The summed E-state index contributed by atoms with van der Waals surface area (Å²) in [6, 6.07) is 0.721. The molecule has 5 heteroatoms. The van der Waals surface area contributed by atoms with Gasteiger partial charge < -0.3 is 5.32 Å². The lowest BCUT2D eigenvalue weighted by Gasteiger charge is -2.54. The van der Waals surface area contributed by atoms with Gasteiger partial charge in [0.1, 0.15) is 0 Å². The number of aryl methyl sites for hydroxylation is 2. The van der Waals surface area contributed by atoms with E-state index in [9.17, 15) is 4.79 Å². The fourth-order valence-corrected chi connectivity index (χ4v) is 6.80. The molecule has 4 aliphatic carbocycles. The van der Waals surface area contributed by atoms with Gasteiger partial charge in [-0.1, -0.05) is 0 Å². The maximum atomic E-state index is 12.8. The number of pyridine rings is 1. The SMILES string of the molecule is Cc1nc2c(cnn2C(C)C)c(C)c1CCC(=O)NC1C2CC3CC(C2)CC1C3. The van der Waals surface area contributed by atoms with E-state index in [1.54, 1.807) is 0 Å². The van der Waals surface area contributed by atoms with E-state index in [1.165, 1.54) is 43.2 Å². The zero-order chi connectivity index (χ0) is 20.3. The minimum atomic E-state index is 0.222. The minimum Gasteiger partial charge on any atom is -0.353 e. The molecular formula is C24H34N4O. The predicted molar refractivity (Wildman–Crippen MR) is 115 cm³/mol. The first-order valence-corrected chi connectivity index (χ1v) is 11.5. The van der Waals surface area contributed by atoms with Crippen LogP contribution in [0, 0.1) is 37.5 Å². The number of amides is 1. The number of hydrogen-bond donors (Lipinski definition) is 1. The molecule has 1 amide bonds. The average molecular weight is 395 g/mol. The van der Waals surface area contributed by atoms with Crippen LogP contribution in [-0.2, 0) is 11.2 Å². The molecule has 156 valence electrons. The van der Waals surface area contributed by atoms with Gasteiger partial charge in [-0.25, -0.2) is 9.67 Å². The van der Waals surface area contributed by atoms with Crippen molar-refractivity contribution < 1.29 is 4.79 Å². The predicted octanol–water partition coefficient (Wildman–Crippen LogP) is 4.50. The van der Waals surface area contributed by atoms with Gasteiger partial charge in [0.05, 0.1) is 6.20 Å². The fraction of sp³-hybridized carbons (Fsp3) is 0.708. The average Bonchev–Trinajstić information content (AvgIpc) is 3.08.